The Balaban J connectivity index is 2.18. The minimum atomic E-state index is 0.0664. The molecule has 1 aromatic heterocycles. The van der Waals surface area contributed by atoms with Crippen LogP contribution in [0.3, 0.4) is 0 Å². The van der Waals surface area contributed by atoms with Crippen LogP contribution in [0.25, 0.3) is 0 Å². The van der Waals surface area contributed by atoms with Gasteiger partial charge in [0.25, 0.3) is 5.91 Å². The summed E-state index contributed by atoms with van der Waals surface area (Å²) in [5, 5.41) is 0.381. The molecule has 1 unspecified atom stereocenters. The SMILES string of the molecule is Cc1cc(C(=O)N2CCCC2CN(C)C)cc(Cl)n1. The van der Waals surface area contributed by atoms with Crippen molar-refractivity contribution in [3.63, 3.8) is 0 Å². The number of nitrogens with zero attached hydrogens (tertiary/aromatic N) is 3. The third-order valence-electron chi connectivity index (χ3n) is 3.38. The zero-order valence-electron chi connectivity index (χ0n) is 11.7. The average Bonchev–Trinajstić information content (AvgIpc) is 2.73. The number of aromatic nitrogens is 1. The predicted molar refractivity (Wildman–Crippen MR) is 76.6 cm³/mol. The highest BCUT2D eigenvalue weighted by atomic mass is 35.5. The first-order chi connectivity index (χ1) is 8.97. The number of pyridine rings is 1. The Hall–Kier alpha value is -1.13. The van der Waals surface area contributed by atoms with Gasteiger partial charge in [-0.2, -0.15) is 0 Å². The van der Waals surface area contributed by atoms with Crippen molar-refractivity contribution >= 4 is 17.5 Å². The van der Waals surface area contributed by atoms with E-state index in [1.807, 2.05) is 25.9 Å². The van der Waals surface area contributed by atoms with E-state index in [0.717, 1.165) is 31.6 Å². The summed E-state index contributed by atoms with van der Waals surface area (Å²) in [7, 11) is 4.07. The number of aryl methyl sites for hydroxylation is 1. The molecule has 19 heavy (non-hydrogen) atoms. The minimum absolute atomic E-state index is 0.0664. The Morgan fingerprint density at radius 1 is 1.53 bits per heavy atom. The van der Waals surface area contributed by atoms with Gasteiger partial charge in [-0.15, -0.1) is 0 Å². The van der Waals surface area contributed by atoms with Gasteiger partial charge >= 0.3 is 0 Å². The summed E-state index contributed by atoms with van der Waals surface area (Å²) >= 11 is 5.93. The van der Waals surface area contributed by atoms with Crippen LogP contribution in [0.4, 0.5) is 0 Å². The maximum absolute atomic E-state index is 12.6. The molecule has 1 atom stereocenters. The summed E-state index contributed by atoms with van der Waals surface area (Å²) in [5.74, 6) is 0.0664. The third kappa shape index (κ3) is 3.45. The van der Waals surface area contributed by atoms with Crippen LogP contribution < -0.4 is 0 Å². The van der Waals surface area contributed by atoms with E-state index in [2.05, 4.69) is 9.88 Å². The number of carbonyl (C=O) groups excluding carboxylic acids is 1. The molecule has 0 aromatic carbocycles. The van der Waals surface area contributed by atoms with Gasteiger partial charge in [-0.05, 0) is 46.0 Å². The van der Waals surface area contributed by atoms with Crippen LogP contribution in [-0.2, 0) is 0 Å². The molecule has 0 spiro atoms. The molecule has 1 aromatic rings. The quantitative estimate of drug-likeness (QED) is 0.797. The average molecular weight is 282 g/mol. The van der Waals surface area contributed by atoms with E-state index in [0.29, 0.717) is 16.8 Å². The predicted octanol–water partition coefficient (Wildman–Crippen LogP) is 2.21. The van der Waals surface area contributed by atoms with Crippen molar-refractivity contribution in [2.24, 2.45) is 0 Å². The zero-order valence-corrected chi connectivity index (χ0v) is 12.4. The lowest BCUT2D eigenvalue weighted by Crippen LogP contribution is -2.41. The summed E-state index contributed by atoms with van der Waals surface area (Å²) in [6.45, 7) is 3.59. The van der Waals surface area contributed by atoms with Gasteiger partial charge in [0.05, 0.1) is 0 Å². The number of hydrogen-bond acceptors (Lipinski definition) is 3. The third-order valence-corrected chi connectivity index (χ3v) is 3.58. The van der Waals surface area contributed by atoms with Crippen molar-refractivity contribution in [2.75, 3.05) is 27.2 Å². The Morgan fingerprint density at radius 3 is 2.89 bits per heavy atom. The van der Waals surface area contributed by atoms with Gasteiger partial charge < -0.3 is 9.80 Å². The van der Waals surface area contributed by atoms with E-state index in [9.17, 15) is 4.79 Å². The summed E-state index contributed by atoms with van der Waals surface area (Å²) in [5.41, 5.74) is 1.42. The van der Waals surface area contributed by atoms with Crippen molar-refractivity contribution in [1.29, 1.82) is 0 Å². The summed E-state index contributed by atoms with van der Waals surface area (Å²) in [6.07, 6.45) is 2.14. The Morgan fingerprint density at radius 2 is 2.26 bits per heavy atom. The second-order valence-corrected chi connectivity index (χ2v) is 5.76. The Labute approximate surface area is 119 Å². The van der Waals surface area contributed by atoms with Gasteiger partial charge in [-0.25, -0.2) is 4.98 Å². The highest BCUT2D eigenvalue weighted by Gasteiger charge is 2.29. The molecule has 5 heteroatoms. The van der Waals surface area contributed by atoms with E-state index >= 15 is 0 Å². The van der Waals surface area contributed by atoms with Crippen LogP contribution >= 0.6 is 11.6 Å². The standard InChI is InChI=1S/C14H20ClN3O/c1-10-7-11(8-13(15)16-10)14(19)18-6-4-5-12(18)9-17(2)3/h7-8,12H,4-6,9H2,1-3H3. The number of hydrogen-bond donors (Lipinski definition) is 0. The fraction of sp³-hybridized carbons (Fsp3) is 0.571. The van der Waals surface area contributed by atoms with Gasteiger partial charge in [0, 0.05) is 30.4 Å². The molecule has 1 fully saturated rings. The summed E-state index contributed by atoms with van der Waals surface area (Å²) in [4.78, 5) is 20.8. The number of carbonyl (C=O) groups is 1. The second-order valence-electron chi connectivity index (χ2n) is 5.38. The number of amides is 1. The summed E-state index contributed by atoms with van der Waals surface area (Å²) in [6, 6.07) is 3.76. The molecule has 1 saturated heterocycles. The van der Waals surface area contributed by atoms with Gasteiger partial charge in [-0.3, -0.25) is 4.79 Å². The molecule has 104 valence electrons. The number of halogens is 1. The van der Waals surface area contributed by atoms with Gasteiger partial charge in [0.1, 0.15) is 5.15 Å². The van der Waals surface area contributed by atoms with Crippen molar-refractivity contribution in [2.45, 2.75) is 25.8 Å². The first-order valence-electron chi connectivity index (χ1n) is 6.57. The van der Waals surface area contributed by atoms with Crippen LogP contribution in [0.15, 0.2) is 12.1 Å². The molecule has 1 amide bonds. The normalized spacial score (nSPS) is 19.2. The lowest BCUT2D eigenvalue weighted by Gasteiger charge is -2.27. The Bertz CT molecular complexity index is 456. The maximum Gasteiger partial charge on any atom is 0.254 e. The molecule has 1 aliphatic heterocycles. The fourth-order valence-electron chi connectivity index (χ4n) is 2.63. The monoisotopic (exact) mass is 281 g/mol. The molecule has 0 radical (unpaired) electrons. The van der Waals surface area contributed by atoms with E-state index < -0.39 is 0 Å². The molecular weight excluding hydrogens is 262 g/mol. The maximum atomic E-state index is 12.6. The highest BCUT2D eigenvalue weighted by Crippen LogP contribution is 2.21. The highest BCUT2D eigenvalue weighted by molar-refractivity contribution is 6.29. The van der Waals surface area contributed by atoms with Crippen molar-refractivity contribution < 1.29 is 4.79 Å². The molecule has 4 nitrogen and oxygen atoms in total. The van der Waals surface area contributed by atoms with Crippen LogP contribution in [0.1, 0.15) is 28.9 Å². The molecular formula is C14H20ClN3O. The molecule has 0 saturated carbocycles. The lowest BCUT2D eigenvalue weighted by atomic mass is 10.1. The largest absolute Gasteiger partial charge is 0.334 e. The zero-order chi connectivity index (χ0) is 14.0. The van der Waals surface area contributed by atoms with E-state index in [-0.39, 0.29) is 5.91 Å². The van der Waals surface area contributed by atoms with Crippen LogP contribution in [0, 0.1) is 6.92 Å². The van der Waals surface area contributed by atoms with Crippen molar-refractivity contribution in [1.82, 2.24) is 14.8 Å². The van der Waals surface area contributed by atoms with Gasteiger partial charge in [0.15, 0.2) is 0 Å². The van der Waals surface area contributed by atoms with Crippen molar-refractivity contribution in [3.8, 4) is 0 Å². The molecule has 0 aliphatic carbocycles. The van der Waals surface area contributed by atoms with Gasteiger partial charge in [0.2, 0.25) is 0 Å². The van der Waals surface area contributed by atoms with E-state index in [4.69, 9.17) is 11.6 Å². The molecule has 1 aliphatic rings. The fourth-order valence-corrected chi connectivity index (χ4v) is 2.88. The second kappa shape index (κ2) is 5.88. The van der Waals surface area contributed by atoms with Crippen LogP contribution in [0.2, 0.25) is 5.15 Å². The minimum Gasteiger partial charge on any atom is -0.334 e. The summed E-state index contributed by atoms with van der Waals surface area (Å²) < 4.78 is 0. The molecule has 0 bridgehead atoms. The van der Waals surface area contributed by atoms with Gasteiger partial charge in [-0.1, -0.05) is 11.6 Å². The van der Waals surface area contributed by atoms with E-state index in [1.165, 1.54) is 0 Å². The van der Waals surface area contributed by atoms with Crippen LogP contribution in [0.5, 0.6) is 0 Å². The number of likely N-dealkylation sites (tertiary alicyclic amines) is 1. The van der Waals surface area contributed by atoms with E-state index in [1.54, 1.807) is 12.1 Å². The lowest BCUT2D eigenvalue weighted by molar-refractivity contribution is 0.0716. The Kier molecular flexibility index (Phi) is 4.42. The van der Waals surface area contributed by atoms with Crippen LogP contribution in [-0.4, -0.2) is 53.9 Å². The number of likely N-dealkylation sites (N-methyl/N-ethyl adjacent to an activating group) is 1. The smallest absolute Gasteiger partial charge is 0.254 e. The number of rotatable bonds is 3. The first-order valence-corrected chi connectivity index (χ1v) is 6.95. The molecule has 2 heterocycles. The molecule has 0 N–H and O–H groups in total. The van der Waals surface area contributed by atoms with Crippen molar-refractivity contribution in [3.05, 3.63) is 28.5 Å². The molecule has 2 rings (SSSR count). The topological polar surface area (TPSA) is 36.4 Å². The first kappa shape index (κ1) is 14.3.